The number of ether oxygens (including phenoxy) is 2. The van der Waals surface area contributed by atoms with Crippen molar-refractivity contribution in [3.63, 3.8) is 0 Å². The molecule has 1 aliphatic heterocycles. The second-order valence-corrected chi connectivity index (χ2v) is 10.2. The molecule has 0 amide bonds. The number of rotatable bonds is 7. The maximum absolute atomic E-state index is 13.4. The lowest BCUT2D eigenvalue weighted by Gasteiger charge is -2.37. The molecule has 2 unspecified atom stereocenters. The molecule has 0 spiro atoms. The first kappa shape index (κ1) is 23.7. The Bertz CT molecular complexity index is 1020. The van der Waals surface area contributed by atoms with E-state index in [1.54, 1.807) is 6.07 Å². The van der Waals surface area contributed by atoms with Crippen LogP contribution in [0.5, 0.6) is 0 Å². The molecule has 1 aromatic heterocycles. The summed E-state index contributed by atoms with van der Waals surface area (Å²) < 4.78 is 77.2. The maximum Gasteiger partial charge on any atom is 0.416 e. The molecule has 11 heteroatoms. The SMILES string of the molecule is COCn1nc(CCO)cc1C1CC(C)(S(=O)(=O)c2cccc(C(F)(F)F)c2)CCO1. The fourth-order valence-electron chi connectivity index (χ4n) is 3.74. The summed E-state index contributed by atoms with van der Waals surface area (Å²) in [5.74, 6) is 0. The summed E-state index contributed by atoms with van der Waals surface area (Å²) in [5.41, 5.74) is 0.189. The van der Waals surface area contributed by atoms with Gasteiger partial charge in [0.1, 0.15) is 12.8 Å². The lowest BCUT2D eigenvalue weighted by molar-refractivity contribution is -0.137. The van der Waals surface area contributed by atoms with E-state index in [9.17, 15) is 26.7 Å². The quantitative estimate of drug-likeness (QED) is 0.680. The Hall–Kier alpha value is -1.95. The summed E-state index contributed by atoms with van der Waals surface area (Å²) in [6, 6.07) is 5.54. The van der Waals surface area contributed by atoms with Crippen molar-refractivity contribution in [1.29, 1.82) is 0 Å². The van der Waals surface area contributed by atoms with E-state index in [1.165, 1.54) is 24.8 Å². The lowest BCUT2D eigenvalue weighted by Crippen LogP contribution is -2.42. The third-order valence-electron chi connectivity index (χ3n) is 5.50. The van der Waals surface area contributed by atoms with Crippen molar-refractivity contribution in [2.45, 2.75) is 54.8 Å². The zero-order chi connectivity index (χ0) is 22.9. The number of alkyl halides is 3. The summed E-state index contributed by atoms with van der Waals surface area (Å²) in [5, 5.41) is 13.5. The minimum absolute atomic E-state index is 0.0412. The average Bonchev–Trinajstić information content (AvgIpc) is 3.10. The molecule has 0 radical (unpaired) electrons. The molecular weight excluding hydrogens is 437 g/mol. The molecule has 2 atom stereocenters. The van der Waals surface area contributed by atoms with Gasteiger partial charge in [0.2, 0.25) is 0 Å². The van der Waals surface area contributed by atoms with Gasteiger partial charge in [-0.25, -0.2) is 13.1 Å². The third-order valence-corrected chi connectivity index (χ3v) is 8.04. The number of hydrogen-bond donors (Lipinski definition) is 1. The third kappa shape index (κ3) is 4.79. The Morgan fingerprint density at radius 3 is 2.74 bits per heavy atom. The van der Waals surface area contributed by atoms with Crippen LogP contribution in [0.1, 0.15) is 42.8 Å². The van der Waals surface area contributed by atoms with Crippen LogP contribution in [-0.2, 0) is 38.6 Å². The number of sulfone groups is 1. The molecule has 31 heavy (non-hydrogen) atoms. The van der Waals surface area contributed by atoms with Crippen LogP contribution >= 0.6 is 0 Å². The highest BCUT2D eigenvalue weighted by Crippen LogP contribution is 2.43. The fourth-order valence-corrected chi connectivity index (χ4v) is 5.57. The van der Waals surface area contributed by atoms with Gasteiger partial charge in [-0.1, -0.05) is 6.07 Å². The second-order valence-electron chi connectivity index (χ2n) is 7.74. The number of hydrogen-bond acceptors (Lipinski definition) is 6. The van der Waals surface area contributed by atoms with Crippen molar-refractivity contribution < 1.29 is 36.2 Å². The number of aliphatic hydroxyl groups is 1. The van der Waals surface area contributed by atoms with E-state index in [4.69, 9.17) is 9.47 Å². The first-order valence-corrected chi connectivity index (χ1v) is 11.2. The van der Waals surface area contributed by atoms with Gasteiger partial charge in [-0.05, 0) is 44.0 Å². The van der Waals surface area contributed by atoms with Crippen LogP contribution in [-0.4, -0.2) is 48.4 Å². The van der Waals surface area contributed by atoms with E-state index >= 15 is 0 Å². The van der Waals surface area contributed by atoms with E-state index in [2.05, 4.69) is 5.10 Å². The number of benzene rings is 1. The van der Waals surface area contributed by atoms with Crippen LogP contribution in [0.25, 0.3) is 0 Å². The molecule has 0 aliphatic carbocycles. The minimum Gasteiger partial charge on any atom is -0.396 e. The van der Waals surface area contributed by atoms with Crippen molar-refractivity contribution in [3.05, 3.63) is 47.3 Å². The zero-order valence-electron chi connectivity index (χ0n) is 17.2. The van der Waals surface area contributed by atoms with Gasteiger partial charge in [0, 0.05) is 26.7 Å². The normalized spacial score (nSPS) is 22.6. The van der Waals surface area contributed by atoms with Gasteiger partial charge in [0.25, 0.3) is 0 Å². The van der Waals surface area contributed by atoms with Crippen molar-refractivity contribution >= 4 is 9.84 Å². The molecule has 1 saturated heterocycles. The Labute approximate surface area is 178 Å². The maximum atomic E-state index is 13.4. The summed E-state index contributed by atoms with van der Waals surface area (Å²) in [7, 11) is -2.61. The number of methoxy groups -OCH3 is 1. The molecule has 172 valence electrons. The number of nitrogens with zero attached hydrogens (tertiary/aromatic N) is 2. The molecule has 7 nitrogen and oxygen atoms in total. The van der Waals surface area contributed by atoms with Gasteiger partial charge in [0.15, 0.2) is 9.84 Å². The summed E-state index contributed by atoms with van der Waals surface area (Å²) in [4.78, 5) is -0.364. The van der Waals surface area contributed by atoms with Crippen LogP contribution in [0.2, 0.25) is 0 Å². The van der Waals surface area contributed by atoms with E-state index in [-0.39, 0.29) is 37.7 Å². The Morgan fingerprint density at radius 1 is 1.35 bits per heavy atom. The fraction of sp³-hybridized carbons (Fsp3) is 0.550. The molecular formula is C20H25F3N2O5S. The lowest BCUT2D eigenvalue weighted by atomic mass is 9.94. The highest BCUT2D eigenvalue weighted by Gasteiger charge is 2.46. The van der Waals surface area contributed by atoms with E-state index < -0.39 is 32.4 Å². The van der Waals surface area contributed by atoms with Crippen molar-refractivity contribution in [3.8, 4) is 0 Å². The van der Waals surface area contributed by atoms with E-state index in [1.807, 2.05) is 0 Å². The molecule has 2 heterocycles. The zero-order valence-corrected chi connectivity index (χ0v) is 18.0. The largest absolute Gasteiger partial charge is 0.416 e. The molecule has 0 bridgehead atoms. The van der Waals surface area contributed by atoms with E-state index in [0.29, 0.717) is 23.9 Å². The number of halogens is 3. The first-order chi connectivity index (χ1) is 14.5. The Balaban J connectivity index is 1.95. The van der Waals surface area contributed by atoms with Gasteiger partial charge in [-0.2, -0.15) is 18.3 Å². The predicted molar refractivity (Wildman–Crippen MR) is 105 cm³/mol. The van der Waals surface area contributed by atoms with Crippen LogP contribution < -0.4 is 0 Å². The molecule has 1 N–H and O–H groups in total. The van der Waals surface area contributed by atoms with Gasteiger partial charge >= 0.3 is 6.18 Å². The number of aromatic nitrogens is 2. The summed E-state index contributed by atoms with van der Waals surface area (Å²) in [6.07, 6.45) is -4.78. The molecule has 0 saturated carbocycles. The molecule has 1 aromatic carbocycles. The monoisotopic (exact) mass is 462 g/mol. The van der Waals surface area contributed by atoms with Crippen molar-refractivity contribution in [2.75, 3.05) is 20.3 Å². The highest BCUT2D eigenvalue weighted by molar-refractivity contribution is 7.92. The van der Waals surface area contributed by atoms with Crippen molar-refractivity contribution in [1.82, 2.24) is 9.78 Å². The van der Waals surface area contributed by atoms with Crippen LogP contribution in [0.15, 0.2) is 35.2 Å². The summed E-state index contributed by atoms with van der Waals surface area (Å²) in [6.45, 7) is 1.66. The Kier molecular flexibility index (Phi) is 6.80. The smallest absolute Gasteiger partial charge is 0.396 e. The van der Waals surface area contributed by atoms with Gasteiger partial charge in [-0.3, -0.25) is 0 Å². The first-order valence-electron chi connectivity index (χ1n) is 9.72. The average molecular weight is 462 g/mol. The van der Waals surface area contributed by atoms with Gasteiger partial charge in [-0.15, -0.1) is 0 Å². The minimum atomic E-state index is -4.64. The van der Waals surface area contributed by atoms with Crippen LogP contribution in [0.4, 0.5) is 13.2 Å². The van der Waals surface area contributed by atoms with Crippen molar-refractivity contribution in [2.24, 2.45) is 0 Å². The van der Waals surface area contributed by atoms with Gasteiger partial charge < -0.3 is 14.6 Å². The topological polar surface area (TPSA) is 90.6 Å². The van der Waals surface area contributed by atoms with Crippen LogP contribution in [0, 0.1) is 0 Å². The van der Waals surface area contributed by atoms with Crippen LogP contribution in [0.3, 0.4) is 0 Å². The number of aliphatic hydroxyl groups excluding tert-OH is 1. The molecule has 1 aliphatic rings. The van der Waals surface area contributed by atoms with Gasteiger partial charge in [0.05, 0.1) is 26.6 Å². The highest BCUT2D eigenvalue weighted by atomic mass is 32.2. The molecule has 1 fully saturated rings. The molecule has 3 rings (SSSR count). The Morgan fingerprint density at radius 2 is 2.10 bits per heavy atom. The predicted octanol–water partition coefficient (Wildman–Crippen LogP) is 3.12. The summed E-state index contributed by atoms with van der Waals surface area (Å²) >= 11 is 0. The second kappa shape index (κ2) is 8.89. The van der Waals surface area contributed by atoms with E-state index in [0.717, 1.165) is 12.1 Å². The molecule has 2 aromatic rings. The standard InChI is InChI=1S/C20H25F3N2O5S/c1-19(31(27,28)16-5-3-4-14(10-16)20(21,22)23)7-9-30-18(12-19)17-11-15(6-8-26)24-25(17)13-29-2/h3-5,10-11,18,26H,6-9,12-13H2,1-2H3.